The van der Waals surface area contributed by atoms with Gasteiger partial charge in [0.15, 0.2) is 0 Å². The van der Waals surface area contributed by atoms with E-state index in [-0.39, 0.29) is 0 Å². The van der Waals surface area contributed by atoms with Gasteiger partial charge in [-0.3, -0.25) is 0 Å². The van der Waals surface area contributed by atoms with Crippen LogP contribution in [-0.4, -0.2) is 18.6 Å². The van der Waals surface area contributed by atoms with E-state index >= 15 is 0 Å². The maximum absolute atomic E-state index is 3.38. The molecule has 1 aromatic rings. The summed E-state index contributed by atoms with van der Waals surface area (Å²) >= 11 is 3.74. The first kappa shape index (κ1) is 8.32. The summed E-state index contributed by atoms with van der Waals surface area (Å²) in [4.78, 5) is 2.75. The van der Waals surface area contributed by atoms with E-state index in [9.17, 15) is 0 Å². The highest BCUT2D eigenvalue weighted by Gasteiger charge is 2.08. The summed E-state index contributed by atoms with van der Waals surface area (Å²) in [6.45, 7) is 1.09. The van der Waals surface area contributed by atoms with Gasteiger partial charge in [-0.25, -0.2) is 0 Å². The van der Waals surface area contributed by atoms with Crippen molar-refractivity contribution in [3.05, 3.63) is 18.2 Å². The van der Waals surface area contributed by atoms with Crippen LogP contribution in [0.1, 0.15) is 0 Å². The van der Waals surface area contributed by atoms with Gasteiger partial charge in [0.1, 0.15) is 0 Å². The molecule has 3 heteroatoms. The molecule has 12 heavy (non-hydrogen) atoms. The molecule has 0 bridgehead atoms. The van der Waals surface area contributed by atoms with Gasteiger partial charge < -0.3 is 5.32 Å². The number of hydrogen-bond donors (Lipinski definition) is 1. The zero-order chi connectivity index (χ0) is 8.39. The fourth-order valence-electron chi connectivity index (χ4n) is 1.24. The van der Waals surface area contributed by atoms with E-state index in [1.54, 1.807) is 11.8 Å². The Morgan fingerprint density at radius 3 is 3.25 bits per heavy atom. The Hall–Kier alpha value is -0.280. The van der Waals surface area contributed by atoms with Crippen LogP contribution in [0.3, 0.4) is 0 Å². The fraction of sp³-hybridized carbons (Fsp3) is 0.333. The lowest BCUT2D eigenvalue weighted by atomic mass is 10.3. The van der Waals surface area contributed by atoms with Gasteiger partial charge in [0.2, 0.25) is 0 Å². The molecule has 1 aromatic carbocycles. The van der Waals surface area contributed by atoms with Crippen LogP contribution in [-0.2, 0) is 0 Å². The first-order valence-electron chi connectivity index (χ1n) is 3.95. The van der Waals surface area contributed by atoms with Gasteiger partial charge in [-0.05, 0) is 24.5 Å². The third kappa shape index (κ3) is 1.57. The summed E-state index contributed by atoms with van der Waals surface area (Å²) in [5.41, 5.74) is 1.30. The number of fused-ring (bicyclic) bond motifs is 1. The Bertz CT molecular complexity index is 286. The maximum atomic E-state index is 3.38. The molecule has 0 saturated heterocycles. The van der Waals surface area contributed by atoms with Crippen LogP contribution in [0.2, 0.25) is 0 Å². The highest BCUT2D eigenvalue weighted by molar-refractivity contribution is 8.00. The average molecular weight is 197 g/mol. The van der Waals surface area contributed by atoms with E-state index in [0.717, 1.165) is 6.54 Å². The second kappa shape index (κ2) is 3.62. The second-order valence-corrected chi connectivity index (χ2v) is 4.65. The third-order valence-corrected chi connectivity index (χ3v) is 3.65. The molecule has 0 amide bonds. The Labute approximate surface area is 81.3 Å². The minimum absolute atomic E-state index is 1.09. The SMILES string of the molecule is CSc1ccc2c(c1)SCCN2. The molecular weight excluding hydrogens is 186 g/mol. The maximum Gasteiger partial charge on any atom is 0.0479 e. The molecule has 1 aliphatic rings. The van der Waals surface area contributed by atoms with Crippen molar-refractivity contribution in [3.63, 3.8) is 0 Å². The van der Waals surface area contributed by atoms with Gasteiger partial charge in [0.05, 0.1) is 0 Å². The minimum atomic E-state index is 1.09. The molecule has 0 saturated carbocycles. The molecule has 64 valence electrons. The lowest BCUT2D eigenvalue weighted by molar-refractivity contribution is 1.15. The largest absolute Gasteiger partial charge is 0.383 e. The summed E-state index contributed by atoms with van der Waals surface area (Å²) in [7, 11) is 0. The molecule has 0 aliphatic carbocycles. The van der Waals surface area contributed by atoms with E-state index in [2.05, 4.69) is 29.8 Å². The van der Waals surface area contributed by atoms with E-state index < -0.39 is 0 Å². The van der Waals surface area contributed by atoms with E-state index in [1.165, 1.54) is 21.2 Å². The molecule has 2 rings (SSSR count). The smallest absolute Gasteiger partial charge is 0.0479 e. The van der Waals surface area contributed by atoms with Crippen LogP contribution in [0.25, 0.3) is 0 Å². The molecule has 0 atom stereocenters. The van der Waals surface area contributed by atoms with Crippen molar-refractivity contribution in [2.75, 3.05) is 23.9 Å². The Morgan fingerprint density at radius 2 is 2.42 bits per heavy atom. The van der Waals surface area contributed by atoms with E-state index in [4.69, 9.17) is 0 Å². The lowest BCUT2D eigenvalue weighted by Gasteiger charge is -2.17. The average Bonchev–Trinajstić information content (AvgIpc) is 2.17. The topological polar surface area (TPSA) is 12.0 Å². The van der Waals surface area contributed by atoms with Crippen molar-refractivity contribution in [1.82, 2.24) is 0 Å². The van der Waals surface area contributed by atoms with Gasteiger partial charge >= 0.3 is 0 Å². The summed E-state index contributed by atoms with van der Waals surface area (Å²) in [6.07, 6.45) is 2.11. The molecule has 0 spiro atoms. The van der Waals surface area contributed by atoms with Gasteiger partial charge in [0, 0.05) is 27.8 Å². The van der Waals surface area contributed by atoms with Crippen LogP contribution in [0.5, 0.6) is 0 Å². The van der Waals surface area contributed by atoms with Crippen molar-refractivity contribution < 1.29 is 0 Å². The Morgan fingerprint density at radius 1 is 1.50 bits per heavy atom. The molecule has 0 radical (unpaired) electrons. The highest BCUT2D eigenvalue weighted by atomic mass is 32.2. The fourth-order valence-corrected chi connectivity index (χ4v) is 2.69. The predicted molar refractivity (Wildman–Crippen MR) is 57.4 cm³/mol. The quantitative estimate of drug-likeness (QED) is 0.695. The van der Waals surface area contributed by atoms with Crippen LogP contribution in [0.4, 0.5) is 5.69 Å². The molecule has 1 heterocycles. The Balaban J connectivity index is 2.36. The normalized spacial score (nSPS) is 15.1. The lowest BCUT2D eigenvalue weighted by Crippen LogP contribution is -2.09. The van der Waals surface area contributed by atoms with Crippen molar-refractivity contribution in [2.45, 2.75) is 9.79 Å². The number of hydrogen-bond acceptors (Lipinski definition) is 3. The molecular formula is C9H11NS2. The van der Waals surface area contributed by atoms with Gasteiger partial charge in [-0.15, -0.1) is 23.5 Å². The molecule has 0 fully saturated rings. The monoisotopic (exact) mass is 197 g/mol. The third-order valence-electron chi connectivity index (χ3n) is 1.86. The van der Waals surface area contributed by atoms with Gasteiger partial charge in [-0.1, -0.05) is 0 Å². The van der Waals surface area contributed by atoms with Crippen LogP contribution in [0, 0.1) is 0 Å². The van der Waals surface area contributed by atoms with Crippen LogP contribution in [0.15, 0.2) is 28.0 Å². The van der Waals surface area contributed by atoms with Crippen molar-refractivity contribution in [2.24, 2.45) is 0 Å². The summed E-state index contributed by atoms with van der Waals surface area (Å²) in [5.74, 6) is 1.19. The molecule has 1 nitrogen and oxygen atoms in total. The number of nitrogens with one attached hydrogen (secondary N) is 1. The number of thioether (sulfide) groups is 2. The number of benzene rings is 1. The molecule has 0 aromatic heterocycles. The van der Waals surface area contributed by atoms with E-state index in [1.807, 2.05) is 11.8 Å². The van der Waals surface area contributed by atoms with Crippen molar-refractivity contribution in [1.29, 1.82) is 0 Å². The highest BCUT2D eigenvalue weighted by Crippen LogP contribution is 2.33. The van der Waals surface area contributed by atoms with Crippen LogP contribution < -0.4 is 5.32 Å². The minimum Gasteiger partial charge on any atom is -0.383 e. The molecule has 1 N–H and O–H groups in total. The Kier molecular flexibility index (Phi) is 2.51. The zero-order valence-electron chi connectivity index (χ0n) is 6.96. The number of anilines is 1. The second-order valence-electron chi connectivity index (χ2n) is 2.64. The summed E-state index contributed by atoms with van der Waals surface area (Å²) < 4.78 is 0. The predicted octanol–water partition coefficient (Wildman–Crippen LogP) is 2.93. The standard InChI is InChI=1S/C9H11NS2/c1-11-7-2-3-8-9(6-7)12-5-4-10-8/h2-3,6,10H,4-5H2,1H3. The van der Waals surface area contributed by atoms with Crippen LogP contribution >= 0.6 is 23.5 Å². The van der Waals surface area contributed by atoms with Crippen molar-refractivity contribution >= 4 is 29.2 Å². The van der Waals surface area contributed by atoms with Gasteiger partial charge in [0.25, 0.3) is 0 Å². The first-order chi connectivity index (χ1) is 5.90. The summed E-state index contributed by atoms with van der Waals surface area (Å²) in [6, 6.07) is 6.60. The van der Waals surface area contributed by atoms with E-state index in [0.29, 0.717) is 0 Å². The zero-order valence-corrected chi connectivity index (χ0v) is 8.60. The van der Waals surface area contributed by atoms with Gasteiger partial charge in [-0.2, -0.15) is 0 Å². The van der Waals surface area contributed by atoms with Crippen molar-refractivity contribution in [3.8, 4) is 0 Å². The molecule has 0 unspecified atom stereocenters. The number of rotatable bonds is 1. The summed E-state index contributed by atoms with van der Waals surface area (Å²) in [5, 5.41) is 3.38. The first-order valence-corrected chi connectivity index (χ1v) is 6.16. The molecule has 1 aliphatic heterocycles.